The van der Waals surface area contributed by atoms with Gasteiger partial charge in [0.15, 0.2) is 0 Å². The van der Waals surface area contributed by atoms with Crippen molar-refractivity contribution in [2.45, 2.75) is 48.4 Å². The van der Waals surface area contributed by atoms with E-state index < -0.39 is 20.1 Å². The molecule has 0 aliphatic heterocycles. The molecule has 0 atom stereocenters. The van der Waals surface area contributed by atoms with Gasteiger partial charge in [0.1, 0.15) is 10.6 Å². The van der Waals surface area contributed by atoms with Gasteiger partial charge in [-0.3, -0.25) is 0 Å². The molecule has 3 rings (SSSR count). The van der Waals surface area contributed by atoms with Crippen molar-refractivity contribution in [1.82, 2.24) is 4.72 Å². The molecule has 0 unspecified atom stereocenters. The second-order valence-corrected chi connectivity index (χ2v) is 9.86. The van der Waals surface area contributed by atoms with E-state index in [2.05, 4.69) is 4.72 Å². The van der Waals surface area contributed by atoms with Crippen molar-refractivity contribution in [1.29, 1.82) is 0 Å². The summed E-state index contributed by atoms with van der Waals surface area (Å²) in [6.45, 7) is 3.87. The summed E-state index contributed by atoms with van der Waals surface area (Å²) >= 11 is 0. The average molecular weight is 396 g/mol. The topological polar surface area (TPSA) is 89.5 Å². The molecule has 0 aromatic heterocycles. The van der Waals surface area contributed by atoms with Crippen molar-refractivity contribution in [3.63, 3.8) is 0 Å². The van der Waals surface area contributed by atoms with Crippen molar-refractivity contribution < 1.29 is 21.0 Å². The zero-order valence-corrected chi connectivity index (χ0v) is 16.2. The standard InChI is InChI=1S/C18H21NO5S2/c1-13(2)17-8-3-4-9-18(17)24-26(22,23)16-7-5-6-15(12-16)25(20,21)19-14-10-11-14/h3-9,12-14,19H,10-11H2,1-2H3. The van der Waals surface area contributed by atoms with Crippen LogP contribution in [0.5, 0.6) is 5.75 Å². The van der Waals surface area contributed by atoms with Gasteiger partial charge >= 0.3 is 10.1 Å². The van der Waals surface area contributed by atoms with Crippen LogP contribution in [0.2, 0.25) is 0 Å². The lowest BCUT2D eigenvalue weighted by Gasteiger charge is -2.14. The zero-order chi connectivity index (χ0) is 18.9. The molecular formula is C18H21NO5S2. The lowest BCUT2D eigenvalue weighted by atomic mass is 10.0. The van der Waals surface area contributed by atoms with Crippen LogP contribution in [0, 0.1) is 0 Å². The Kier molecular flexibility index (Phi) is 5.09. The van der Waals surface area contributed by atoms with Crippen molar-refractivity contribution in [2.75, 3.05) is 0 Å². The van der Waals surface area contributed by atoms with Crippen molar-refractivity contribution in [3.05, 3.63) is 54.1 Å². The highest BCUT2D eigenvalue weighted by Crippen LogP contribution is 2.29. The van der Waals surface area contributed by atoms with Gasteiger partial charge in [0, 0.05) is 6.04 Å². The van der Waals surface area contributed by atoms with Crippen molar-refractivity contribution in [3.8, 4) is 5.75 Å². The summed E-state index contributed by atoms with van der Waals surface area (Å²) in [5.74, 6) is 0.322. The van der Waals surface area contributed by atoms with Gasteiger partial charge in [-0.1, -0.05) is 38.1 Å². The molecule has 1 aliphatic rings. The molecule has 0 radical (unpaired) electrons. The molecule has 2 aromatic rings. The Morgan fingerprint density at radius 1 is 0.962 bits per heavy atom. The Morgan fingerprint density at radius 3 is 2.27 bits per heavy atom. The minimum Gasteiger partial charge on any atom is -0.379 e. The van der Waals surface area contributed by atoms with E-state index in [0.717, 1.165) is 24.5 Å². The van der Waals surface area contributed by atoms with E-state index in [0.29, 0.717) is 0 Å². The third kappa shape index (κ3) is 4.25. The maximum atomic E-state index is 12.7. The first-order chi connectivity index (χ1) is 12.2. The fourth-order valence-corrected chi connectivity index (χ4v) is 4.91. The maximum absolute atomic E-state index is 12.7. The van der Waals surface area contributed by atoms with E-state index in [-0.39, 0.29) is 27.5 Å². The second kappa shape index (κ2) is 7.02. The largest absolute Gasteiger partial charge is 0.379 e. The molecule has 1 saturated carbocycles. The van der Waals surface area contributed by atoms with E-state index in [1.807, 2.05) is 19.9 Å². The Balaban J connectivity index is 1.92. The molecule has 0 bridgehead atoms. The summed E-state index contributed by atoms with van der Waals surface area (Å²) in [6.07, 6.45) is 1.60. The number of para-hydroxylation sites is 1. The number of hydrogen-bond donors (Lipinski definition) is 1. The lowest BCUT2D eigenvalue weighted by molar-refractivity contribution is 0.481. The van der Waals surface area contributed by atoms with Crippen LogP contribution in [0.3, 0.4) is 0 Å². The SMILES string of the molecule is CC(C)c1ccccc1OS(=O)(=O)c1cccc(S(=O)(=O)NC2CC2)c1. The Bertz CT molecular complexity index is 1010. The smallest absolute Gasteiger partial charge is 0.339 e. The molecular weight excluding hydrogens is 374 g/mol. The van der Waals surface area contributed by atoms with Crippen LogP contribution in [-0.4, -0.2) is 22.9 Å². The Hall–Kier alpha value is -1.90. The number of benzene rings is 2. The summed E-state index contributed by atoms with van der Waals surface area (Å²) in [5, 5.41) is 0. The van der Waals surface area contributed by atoms with E-state index in [1.54, 1.807) is 18.2 Å². The summed E-state index contributed by atoms with van der Waals surface area (Å²) in [5.41, 5.74) is 0.759. The molecule has 1 aliphatic carbocycles. The van der Waals surface area contributed by atoms with Gasteiger partial charge in [0.05, 0.1) is 4.90 Å². The quantitative estimate of drug-likeness (QED) is 0.728. The van der Waals surface area contributed by atoms with Gasteiger partial charge in [-0.05, 0) is 48.6 Å². The third-order valence-corrected chi connectivity index (χ3v) is 6.79. The minimum absolute atomic E-state index is 0.0607. The maximum Gasteiger partial charge on any atom is 0.339 e. The predicted octanol–water partition coefficient (Wildman–Crippen LogP) is 3.02. The first-order valence-corrected chi connectivity index (χ1v) is 11.2. The molecule has 140 valence electrons. The predicted molar refractivity (Wildman–Crippen MR) is 98.1 cm³/mol. The molecule has 0 saturated heterocycles. The third-order valence-electron chi connectivity index (χ3n) is 4.04. The molecule has 6 nitrogen and oxygen atoms in total. The molecule has 0 spiro atoms. The van der Waals surface area contributed by atoms with Crippen molar-refractivity contribution >= 4 is 20.1 Å². The Morgan fingerprint density at radius 2 is 1.62 bits per heavy atom. The lowest BCUT2D eigenvalue weighted by Crippen LogP contribution is -2.26. The number of sulfonamides is 1. The van der Waals surface area contributed by atoms with Crippen LogP contribution in [0.15, 0.2) is 58.3 Å². The van der Waals surface area contributed by atoms with Gasteiger partial charge in [0.25, 0.3) is 0 Å². The van der Waals surface area contributed by atoms with Crippen LogP contribution in [0.25, 0.3) is 0 Å². The number of hydrogen-bond acceptors (Lipinski definition) is 5. The first kappa shape index (κ1) is 18.9. The van der Waals surface area contributed by atoms with Gasteiger partial charge < -0.3 is 4.18 Å². The summed E-state index contributed by atoms with van der Waals surface area (Å²) in [7, 11) is -7.90. The molecule has 8 heteroatoms. The Labute approximate surface area is 154 Å². The van der Waals surface area contributed by atoms with E-state index in [9.17, 15) is 16.8 Å². The van der Waals surface area contributed by atoms with Crippen LogP contribution in [0.4, 0.5) is 0 Å². The molecule has 0 amide bonds. The second-order valence-electron chi connectivity index (χ2n) is 6.60. The molecule has 1 N–H and O–H groups in total. The fraction of sp³-hybridized carbons (Fsp3) is 0.333. The number of nitrogens with one attached hydrogen (secondary N) is 1. The van der Waals surface area contributed by atoms with Crippen LogP contribution in [-0.2, 0) is 20.1 Å². The summed E-state index contributed by atoms with van der Waals surface area (Å²) in [6, 6.07) is 12.0. The highest BCUT2D eigenvalue weighted by molar-refractivity contribution is 7.89. The molecule has 0 heterocycles. The fourth-order valence-electron chi connectivity index (χ4n) is 2.49. The summed E-state index contributed by atoms with van der Waals surface area (Å²) in [4.78, 5) is -0.291. The van der Waals surface area contributed by atoms with E-state index >= 15 is 0 Å². The van der Waals surface area contributed by atoms with Gasteiger partial charge in [0.2, 0.25) is 10.0 Å². The highest BCUT2D eigenvalue weighted by Gasteiger charge is 2.29. The number of rotatable bonds is 7. The van der Waals surface area contributed by atoms with Crippen LogP contribution >= 0.6 is 0 Å². The normalized spacial score (nSPS) is 15.2. The average Bonchev–Trinajstić information content (AvgIpc) is 3.38. The van der Waals surface area contributed by atoms with Crippen LogP contribution < -0.4 is 8.91 Å². The van der Waals surface area contributed by atoms with Gasteiger partial charge in [-0.2, -0.15) is 8.42 Å². The molecule has 26 heavy (non-hydrogen) atoms. The van der Waals surface area contributed by atoms with Gasteiger partial charge in [-0.25, -0.2) is 13.1 Å². The monoisotopic (exact) mass is 395 g/mol. The summed E-state index contributed by atoms with van der Waals surface area (Å²) < 4.78 is 57.8. The van der Waals surface area contributed by atoms with E-state index in [4.69, 9.17) is 4.18 Å². The zero-order valence-electron chi connectivity index (χ0n) is 14.5. The van der Waals surface area contributed by atoms with Crippen molar-refractivity contribution in [2.24, 2.45) is 0 Å². The van der Waals surface area contributed by atoms with Gasteiger partial charge in [-0.15, -0.1) is 0 Å². The molecule has 1 fully saturated rings. The molecule has 2 aromatic carbocycles. The highest BCUT2D eigenvalue weighted by atomic mass is 32.2. The van der Waals surface area contributed by atoms with E-state index in [1.165, 1.54) is 18.2 Å². The minimum atomic E-state index is -4.16. The van der Waals surface area contributed by atoms with Crippen LogP contribution in [0.1, 0.15) is 38.2 Å². The first-order valence-electron chi connectivity index (χ1n) is 8.35.